The van der Waals surface area contributed by atoms with Crippen LogP contribution in [0.5, 0.6) is 0 Å². The minimum atomic E-state index is -4.05. The molecule has 3 N–H and O–H groups in total. The second kappa shape index (κ2) is 10.8. The van der Waals surface area contributed by atoms with Crippen LogP contribution in [0.2, 0.25) is 0 Å². The number of carbonyl (C=O) groups excluding carboxylic acids is 2. The predicted molar refractivity (Wildman–Crippen MR) is 108 cm³/mol. The first kappa shape index (κ1) is 23.4. The lowest BCUT2D eigenvalue weighted by atomic mass is 10.2. The van der Waals surface area contributed by atoms with Crippen LogP contribution >= 0.6 is 0 Å². The van der Waals surface area contributed by atoms with Gasteiger partial charge < -0.3 is 10.6 Å². The van der Waals surface area contributed by atoms with Gasteiger partial charge in [-0.25, -0.2) is 21.9 Å². The maximum atomic E-state index is 13.2. The molecule has 10 heteroatoms. The third-order valence-electron chi connectivity index (χ3n) is 4.05. The molecule has 2 aromatic carbocycles. The fourth-order valence-electron chi connectivity index (χ4n) is 2.47. The second-order valence-electron chi connectivity index (χ2n) is 6.50. The van der Waals surface area contributed by atoms with Crippen LogP contribution in [0.1, 0.15) is 31.7 Å². The number of hydrogen-bond donors (Lipinski definition) is 3. The average molecular weight is 439 g/mol. The SMILES string of the molecule is CCCC(=O)Nc1ccc(CNC(=O)CCNS(=O)(=O)c2ccc(F)c(F)c2)cc1. The molecular weight excluding hydrogens is 416 g/mol. The standard InChI is InChI=1S/C20H23F2N3O4S/c1-2-3-20(27)25-15-6-4-14(5-7-15)13-23-19(26)10-11-24-30(28,29)16-8-9-17(21)18(22)12-16/h4-9,12,24H,2-3,10-11,13H2,1H3,(H,23,26)(H,25,27). The molecule has 0 spiro atoms. The molecule has 0 atom stereocenters. The molecule has 2 amide bonds. The number of sulfonamides is 1. The fraction of sp³-hybridized carbons (Fsp3) is 0.300. The summed E-state index contributed by atoms with van der Waals surface area (Å²) in [5.41, 5.74) is 1.47. The predicted octanol–water partition coefficient (Wildman–Crippen LogP) is 2.69. The van der Waals surface area contributed by atoms with E-state index in [0.717, 1.165) is 24.1 Å². The Morgan fingerprint density at radius 3 is 2.27 bits per heavy atom. The number of nitrogens with one attached hydrogen (secondary N) is 3. The summed E-state index contributed by atoms with van der Waals surface area (Å²) in [7, 11) is -4.05. The zero-order chi connectivity index (χ0) is 22.1. The summed E-state index contributed by atoms with van der Waals surface area (Å²) >= 11 is 0. The van der Waals surface area contributed by atoms with E-state index in [1.807, 2.05) is 6.92 Å². The normalized spacial score (nSPS) is 11.2. The number of rotatable bonds is 10. The highest BCUT2D eigenvalue weighted by Gasteiger charge is 2.16. The molecule has 0 aromatic heterocycles. The highest BCUT2D eigenvalue weighted by Crippen LogP contribution is 2.13. The summed E-state index contributed by atoms with van der Waals surface area (Å²) < 4.78 is 52.4. The summed E-state index contributed by atoms with van der Waals surface area (Å²) in [6.45, 7) is 1.95. The lowest BCUT2D eigenvalue weighted by Crippen LogP contribution is -2.30. The summed E-state index contributed by atoms with van der Waals surface area (Å²) in [6.07, 6.45) is 1.07. The molecule has 0 aliphatic heterocycles. The van der Waals surface area contributed by atoms with Crippen molar-refractivity contribution in [2.45, 2.75) is 37.6 Å². The van der Waals surface area contributed by atoms with E-state index < -0.39 is 26.6 Å². The number of hydrogen-bond acceptors (Lipinski definition) is 4. The first-order valence-corrected chi connectivity index (χ1v) is 10.8. The fourth-order valence-corrected chi connectivity index (χ4v) is 3.52. The molecule has 0 radical (unpaired) electrons. The monoisotopic (exact) mass is 439 g/mol. The van der Waals surface area contributed by atoms with Crippen molar-refractivity contribution in [1.29, 1.82) is 0 Å². The van der Waals surface area contributed by atoms with Crippen LogP contribution in [-0.4, -0.2) is 26.8 Å². The van der Waals surface area contributed by atoms with Gasteiger partial charge in [0.05, 0.1) is 4.90 Å². The van der Waals surface area contributed by atoms with Crippen LogP contribution in [0.15, 0.2) is 47.4 Å². The van der Waals surface area contributed by atoms with E-state index in [-0.39, 0.29) is 31.3 Å². The van der Waals surface area contributed by atoms with E-state index in [1.165, 1.54) is 0 Å². The van der Waals surface area contributed by atoms with Crippen molar-refractivity contribution in [3.63, 3.8) is 0 Å². The van der Waals surface area contributed by atoms with E-state index in [1.54, 1.807) is 24.3 Å². The van der Waals surface area contributed by atoms with Crippen LogP contribution in [0.3, 0.4) is 0 Å². The zero-order valence-electron chi connectivity index (χ0n) is 16.4. The molecule has 0 aliphatic rings. The lowest BCUT2D eigenvalue weighted by molar-refractivity contribution is -0.121. The number of benzene rings is 2. The minimum absolute atomic E-state index is 0.0654. The Morgan fingerprint density at radius 1 is 0.933 bits per heavy atom. The Balaban J connectivity index is 1.77. The third-order valence-corrected chi connectivity index (χ3v) is 5.51. The van der Waals surface area contributed by atoms with E-state index in [2.05, 4.69) is 15.4 Å². The van der Waals surface area contributed by atoms with E-state index in [4.69, 9.17) is 0 Å². The van der Waals surface area contributed by atoms with Gasteiger partial charge in [-0.3, -0.25) is 9.59 Å². The van der Waals surface area contributed by atoms with Gasteiger partial charge in [-0.2, -0.15) is 0 Å². The molecule has 0 heterocycles. The average Bonchev–Trinajstić information content (AvgIpc) is 2.69. The third kappa shape index (κ3) is 7.20. The molecule has 7 nitrogen and oxygen atoms in total. The van der Waals surface area contributed by atoms with E-state index in [9.17, 15) is 26.8 Å². The summed E-state index contributed by atoms with van der Waals surface area (Å²) in [5, 5.41) is 5.41. The molecule has 2 rings (SSSR count). The number of halogens is 2. The molecule has 0 aliphatic carbocycles. The molecule has 0 saturated heterocycles. The van der Waals surface area contributed by atoms with Gasteiger partial charge in [0, 0.05) is 31.6 Å². The van der Waals surface area contributed by atoms with Gasteiger partial charge in [0.25, 0.3) is 0 Å². The van der Waals surface area contributed by atoms with Crippen molar-refractivity contribution in [1.82, 2.24) is 10.0 Å². The largest absolute Gasteiger partial charge is 0.352 e. The van der Waals surface area contributed by atoms with Crippen molar-refractivity contribution in [3.8, 4) is 0 Å². The molecule has 162 valence electrons. The zero-order valence-corrected chi connectivity index (χ0v) is 17.2. The maximum Gasteiger partial charge on any atom is 0.240 e. The second-order valence-corrected chi connectivity index (χ2v) is 8.26. The van der Waals surface area contributed by atoms with Crippen LogP contribution in [0.25, 0.3) is 0 Å². The summed E-state index contributed by atoms with van der Waals surface area (Å²) in [5.74, 6) is -2.87. The van der Waals surface area contributed by atoms with Crippen molar-refractivity contribution < 1.29 is 26.8 Å². The Morgan fingerprint density at radius 2 is 1.63 bits per heavy atom. The van der Waals surface area contributed by atoms with Crippen LogP contribution in [0, 0.1) is 11.6 Å². The Labute approximate surface area is 173 Å². The van der Waals surface area contributed by atoms with Crippen molar-refractivity contribution in [2.24, 2.45) is 0 Å². The number of carbonyl (C=O) groups is 2. The van der Waals surface area contributed by atoms with Crippen LogP contribution < -0.4 is 15.4 Å². The van der Waals surface area contributed by atoms with E-state index >= 15 is 0 Å². The van der Waals surface area contributed by atoms with Crippen molar-refractivity contribution in [2.75, 3.05) is 11.9 Å². The first-order valence-electron chi connectivity index (χ1n) is 9.31. The van der Waals surface area contributed by atoms with Crippen molar-refractivity contribution in [3.05, 3.63) is 59.7 Å². The maximum absolute atomic E-state index is 13.2. The van der Waals surface area contributed by atoms with Gasteiger partial charge in [0.15, 0.2) is 11.6 Å². The topological polar surface area (TPSA) is 104 Å². The summed E-state index contributed by atoms with van der Waals surface area (Å²) in [4.78, 5) is 23.0. The van der Waals surface area contributed by atoms with Crippen LogP contribution in [-0.2, 0) is 26.2 Å². The first-order chi connectivity index (χ1) is 14.2. The summed E-state index contributed by atoms with van der Waals surface area (Å²) in [6, 6.07) is 9.20. The smallest absolute Gasteiger partial charge is 0.240 e. The van der Waals surface area contributed by atoms with Gasteiger partial charge >= 0.3 is 0 Å². The molecule has 30 heavy (non-hydrogen) atoms. The van der Waals surface area contributed by atoms with Gasteiger partial charge in [-0.1, -0.05) is 19.1 Å². The van der Waals surface area contributed by atoms with E-state index in [0.29, 0.717) is 18.2 Å². The highest BCUT2D eigenvalue weighted by atomic mass is 32.2. The lowest BCUT2D eigenvalue weighted by Gasteiger charge is -2.09. The van der Waals surface area contributed by atoms with Crippen molar-refractivity contribution >= 4 is 27.5 Å². The highest BCUT2D eigenvalue weighted by molar-refractivity contribution is 7.89. The number of anilines is 1. The van der Waals surface area contributed by atoms with Gasteiger partial charge in [-0.15, -0.1) is 0 Å². The Hall–Kier alpha value is -2.85. The van der Waals surface area contributed by atoms with Crippen LogP contribution in [0.4, 0.5) is 14.5 Å². The van der Waals surface area contributed by atoms with Gasteiger partial charge in [0.2, 0.25) is 21.8 Å². The van der Waals surface area contributed by atoms with Gasteiger partial charge in [0.1, 0.15) is 0 Å². The Kier molecular flexibility index (Phi) is 8.43. The molecule has 0 fully saturated rings. The molecule has 2 aromatic rings. The Bertz CT molecular complexity index is 996. The molecule has 0 unspecified atom stereocenters. The number of amides is 2. The molecular formula is C20H23F2N3O4S. The minimum Gasteiger partial charge on any atom is -0.352 e. The quantitative estimate of drug-likeness (QED) is 0.529. The van der Waals surface area contributed by atoms with Gasteiger partial charge in [-0.05, 0) is 42.3 Å². The molecule has 0 bridgehead atoms. The molecule has 0 saturated carbocycles.